The van der Waals surface area contributed by atoms with E-state index in [1.54, 1.807) is 12.3 Å². The summed E-state index contributed by atoms with van der Waals surface area (Å²) in [6, 6.07) is 2.16. The van der Waals surface area contributed by atoms with Crippen molar-refractivity contribution in [2.75, 3.05) is 18.4 Å². The van der Waals surface area contributed by atoms with E-state index >= 15 is 0 Å². The molecule has 0 saturated carbocycles. The van der Waals surface area contributed by atoms with Gasteiger partial charge in [0.15, 0.2) is 0 Å². The molecule has 0 radical (unpaired) electrons. The predicted octanol–water partition coefficient (Wildman–Crippen LogP) is 1.04. The minimum absolute atomic E-state index is 0.354. The zero-order valence-corrected chi connectivity index (χ0v) is 10.7. The summed E-state index contributed by atoms with van der Waals surface area (Å²) in [5.41, 5.74) is 6.80. The van der Waals surface area contributed by atoms with Gasteiger partial charge in [0.25, 0.3) is 5.91 Å². The SMILES string of the molecule is Cc1ccnc(NC2CCCNCC2)c1C(N)=O. The molecular formula is C13H20N4O. The number of primary amides is 1. The molecule has 1 aromatic rings. The zero-order valence-electron chi connectivity index (χ0n) is 10.7. The number of hydrogen-bond acceptors (Lipinski definition) is 4. The van der Waals surface area contributed by atoms with Crippen LogP contribution in [0.15, 0.2) is 12.3 Å². The molecule has 1 atom stereocenters. The lowest BCUT2D eigenvalue weighted by Crippen LogP contribution is -2.25. The van der Waals surface area contributed by atoms with Crippen molar-refractivity contribution in [3.05, 3.63) is 23.4 Å². The van der Waals surface area contributed by atoms with Crippen LogP contribution in [0.1, 0.15) is 35.2 Å². The van der Waals surface area contributed by atoms with Crippen LogP contribution >= 0.6 is 0 Å². The molecule has 0 bridgehead atoms. The Hall–Kier alpha value is -1.62. The maximum atomic E-state index is 11.5. The summed E-state index contributed by atoms with van der Waals surface area (Å²) in [5.74, 6) is 0.198. The fourth-order valence-corrected chi connectivity index (χ4v) is 2.34. The average molecular weight is 248 g/mol. The van der Waals surface area contributed by atoms with Gasteiger partial charge < -0.3 is 16.4 Å². The summed E-state index contributed by atoms with van der Waals surface area (Å²) in [7, 11) is 0. The summed E-state index contributed by atoms with van der Waals surface area (Å²) in [5, 5.41) is 6.72. The fourth-order valence-electron chi connectivity index (χ4n) is 2.34. The maximum absolute atomic E-state index is 11.5. The largest absolute Gasteiger partial charge is 0.367 e. The van der Waals surface area contributed by atoms with Crippen LogP contribution in [0.25, 0.3) is 0 Å². The number of aryl methyl sites for hydroxylation is 1. The van der Waals surface area contributed by atoms with E-state index in [1.807, 2.05) is 6.92 Å². The standard InChI is InChI=1S/C13H20N4O/c1-9-4-8-16-13(11(9)12(14)18)17-10-3-2-6-15-7-5-10/h4,8,10,15H,2-3,5-7H2,1H3,(H2,14,18)(H,16,17). The lowest BCUT2D eigenvalue weighted by molar-refractivity contribution is 0.1000. The first-order valence-electron chi connectivity index (χ1n) is 6.41. The van der Waals surface area contributed by atoms with Crippen LogP contribution < -0.4 is 16.4 Å². The second-order valence-electron chi connectivity index (χ2n) is 4.74. The highest BCUT2D eigenvalue weighted by Gasteiger charge is 2.17. The molecule has 1 fully saturated rings. The third kappa shape index (κ3) is 2.98. The molecule has 0 aliphatic carbocycles. The maximum Gasteiger partial charge on any atom is 0.252 e. The average Bonchev–Trinajstić information content (AvgIpc) is 2.57. The summed E-state index contributed by atoms with van der Waals surface area (Å²) in [6.07, 6.45) is 4.96. The quantitative estimate of drug-likeness (QED) is 0.746. The first-order valence-corrected chi connectivity index (χ1v) is 6.41. The van der Waals surface area contributed by atoms with Crippen LogP contribution in [0.3, 0.4) is 0 Å². The topological polar surface area (TPSA) is 80.0 Å². The molecule has 5 heteroatoms. The van der Waals surface area contributed by atoms with Crippen molar-refractivity contribution in [3.63, 3.8) is 0 Å². The number of anilines is 1. The summed E-state index contributed by atoms with van der Waals surface area (Å²) >= 11 is 0. The molecule has 1 amide bonds. The lowest BCUT2D eigenvalue weighted by Gasteiger charge is -2.18. The summed E-state index contributed by atoms with van der Waals surface area (Å²) in [4.78, 5) is 15.7. The monoisotopic (exact) mass is 248 g/mol. The molecule has 1 aliphatic heterocycles. The number of hydrogen-bond donors (Lipinski definition) is 3. The second-order valence-corrected chi connectivity index (χ2v) is 4.74. The van der Waals surface area contributed by atoms with Gasteiger partial charge in [0.1, 0.15) is 5.82 Å². The van der Waals surface area contributed by atoms with Gasteiger partial charge in [-0.2, -0.15) is 0 Å². The first kappa shape index (κ1) is 12.8. The predicted molar refractivity (Wildman–Crippen MR) is 71.6 cm³/mol. The highest BCUT2D eigenvalue weighted by atomic mass is 16.1. The highest BCUT2D eigenvalue weighted by Crippen LogP contribution is 2.19. The number of pyridine rings is 1. The van der Waals surface area contributed by atoms with E-state index in [0.29, 0.717) is 17.4 Å². The molecule has 1 aliphatic rings. The number of nitrogens with two attached hydrogens (primary N) is 1. The van der Waals surface area contributed by atoms with E-state index in [1.165, 1.54) is 0 Å². The van der Waals surface area contributed by atoms with Crippen molar-refractivity contribution in [2.24, 2.45) is 5.73 Å². The minimum atomic E-state index is -0.421. The molecule has 2 rings (SSSR count). The van der Waals surface area contributed by atoms with Gasteiger partial charge in [-0.05, 0) is 50.9 Å². The van der Waals surface area contributed by atoms with Crippen molar-refractivity contribution < 1.29 is 4.79 Å². The first-order chi connectivity index (χ1) is 8.68. The van der Waals surface area contributed by atoms with Gasteiger partial charge in [-0.3, -0.25) is 4.79 Å². The van der Waals surface area contributed by atoms with E-state index in [0.717, 1.165) is 37.9 Å². The van der Waals surface area contributed by atoms with Crippen LogP contribution in [-0.2, 0) is 0 Å². The zero-order chi connectivity index (χ0) is 13.0. The number of carbonyl (C=O) groups is 1. The molecule has 0 spiro atoms. The Morgan fingerprint density at radius 3 is 3.11 bits per heavy atom. The Morgan fingerprint density at radius 1 is 1.50 bits per heavy atom. The van der Waals surface area contributed by atoms with Gasteiger partial charge in [-0.15, -0.1) is 0 Å². The van der Waals surface area contributed by atoms with Gasteiger partial charge in [-0.1, -0.05) is 0 Å². The Kier molecular flexibility index (Phi) is 4.15. The number of nitrogens with one attached hydrogen (secondary N) is 2. The molecule has 1 unspecified atom stereocenters. The highest BCUT2D eigenvalue weighted by molar-refractivity contribution is 5.99. The van der Waals surface area contributed by atoms with E-state index in [2.05, 4.69) is 15.6 Å². The van der Waals surface area contributed by atoms with E-state index in [4.69, 9.17) is 5.73 Å². The van der Waals surface area contributed by atoms with E-state index in [-0.39, 0.29) is 0 Å². The van der Waals surface area contributed by atoms with Crippen LogP contribution in [0.5, 0.6) is 0 Å². The van der Waals surface area contributed by atoms with Crippen molar-refractivity contribution in [1.82, 2.24) is 10.3 Å². The molecule has 98 valence electrons. The molecule has 1 aromatic heterocycles. The molecule has 5 nitrogen and oxygen atoms in total. The number of nitrogens with zero attached hydrogens (tertiary/aromatic N) is 1. The van der Waals surface area contributed by atoms with Crippen LogP contribution in [0.4, 0.5) is 5.82 Å². The van der Waals surface area contributed by atoms with Crippen molar-refractivity contribution in [2.45, 2.75) is 32.2 Å². The van der Waals surface area contributed by atoms with Crippen LogP contribution in [-0.4, -0.2) is 30.0 Å². The Bertz CT molecular complexity index is 425. The summed E-state index contributed by atoms with van der Waals surface area (Å²) < 4.78 is 0. The Morgan fingerprint density at radius 2 is 2.33 bits per heavy atom. The Labute approximate surface area is 107 Å². The van der Waals surface area contributed by atoms with Gasteiger partial charge in [0.2, 0.25) is 0 Å². The molecule has 18 heavy (non-hydrogen) atoms. The number of carbonyl (C=O) groups excluding carboxylic acids is 1. The van der Waals surface area contributed by atoms with Crippen LogP contribution in [0.2, 0.25) is 0 Å². The van der Waals surface area contributed by atoms with Gasteiger partial charge >= 0.3 is 0 Å². The summed E-state index contributed by atoms with van der Waals surface area (Å²) in [6.45, 7) is 3.93. The van der Waals surface area contributed by atoms with Crippen LogP contribution in [0, 0.1) is 6.92 Å². The fraction of sp³-hybridized carbons (Fsp3) is 0.538. The number of amides is 1. The lowest BCUT2D eigenvalue weighted by atomic mass is 10.1. The van der Waals surface area contributed by atoms with Crippen molar-refractivity contribution in [1.29, 1.82) is 0 Å². The number of rotatable bonds is 3. The van der Waals surface area contributed by atoms with Crippen molar-refractivity contribution in [3.8, 4) is 0 Å². The molecular weight excluding hydrogens is 228 g/mol. The smallest absolute Gasteiger partial charge is 0.252 e. The third-order valence-electron chi connectivity index (χ3n) is 3.32. The molecule has 1 saturated heterocycles. The third-order valence-corrected chi connectivity index (χ3v) is 3.32. The molecule has 2 heterocycles. The van der Waals surface area contributed by atoms with E-state index < -0.39 is 5.91 Å². The Balaban J connectivity index is 2.17. The number of aromatic nitrogens is 1. The van der Waals surface area contributed by atoms with Gasteiger partial charge in [0.05, 0.1) is 5.56 Å². The van der Waals surface area contributed by atoms with Gasteiger partial charge in [-0.25, -0.2) is 4.98 Å². The van der Waals surface area contributed by atoms with Crippen molar-refractivity contribution >= 4 is 11.7 Å². The molecule has 4 N–H and O–H groups in total. The van der Waals surface area contributed by atoms with E-state index in [9.17, 15) is 4.79 Å². The van der Waals surface area contributed by atoms with Gasteiger partial charge in [0, 0.05) is 12.2 Å². The minimum Gasteiger partial charge on any atom is -0.367 e. The normalized spacial score (nSPS) is 20.2. The molecule has 0 aromatic carbocycles. The second kappa shape index (κ2) is 5.82.